The molecule has 116 valence electrons. The maximum Gasteiger partial charge on any atom is 0.237 e. The number of halogens is 1. The first kappa shape index (κ1) is 16.7. The summed E-state index contributed by atoms with van der Waals surface area (Å²) in [7, 11) is 1.97. The number of carbonyl (C=O) groups excluding carboxylic acids is 1. The van der Waals surface area contributed by atoms with E-state index < -0.39 is 0 Å². The standard InChI is InChI=1S/C18H21BrN2O/c1-14(18(22)20-12-15-6-4-3-5-7-15)21(2)13-16-8-10-17(19)11-9-16/h3-11,14H,12-13H2,1-2H3,(H,20,22). The molecular weight excluding hydrogens is 340 g/mol. The van der Waals surface area contributed by atoms with Crippen LogP contribution in [0.1, 0.15) is 18.1 Å². The van der Waals surface area contributed by atoms with Crippen molar-refractivity contribution in [2.24, 2.45) is 0 Å². The first-order valence-electron chi connectivity index (χ1n) is 7.32. The Bertz CT molecular complexity index is 598. The van der Waals surface area contributed by atoms with Gasteiger partial charge in [-0.2, -0.15) is 0 Å². The van der Waals surface area contributed by atoms with Crippen LogP contribution in [0.4, 0.5) is 0 Å². The number of benzene rings is 2. The molecule has 0 aromatic heterocycles. The SMILES string of the molecule is CC(C(=O)NCc1ccccc1)N(C)Cc1ccc(Br)cc1. The summed E-state index contributed by atoms with van der Waals surface area (Å²) in [5, 5.41) is 2.99. The number of amides is 1. The average molecular weight is 361 g/mol. The van der Waals surface area contributed by atoms with Gasteiger partial charge in [0.25, 0.3) is 0 Å². The van der Waals surface area contributed by atoms with Crippen LogP contribution in [0.3, 0.4) is 0 Å². The van der Waals surface area contributed by atoms with Crippen molar-refractivity contribution in [1.29, 1.82) is 0 Å². The number of likely N-dealkylation sites (N-methyl/N-ethyl adjacent to an activating group) is 1. The molecule has 2 aromatic rings. The number of rotatable bonds is 6. The van der Waals surface area contributed by atoms with Gasteiger partial charge in [0.05, 0.1) is 6.04 Å². The molecule has 0 saturated heterocycles. The van der Waals surface area contributed by atoms with Crippen LogP contribution < -0.4 is 5.32 Å². The van der Waals surface area contributed by atoms with E-state index in [4.69, 9.17) is 0 Å². The van der Waals surface area contributed by atoms with E-state index in [1.807, 2.05) is 61.3 Å². The van der Waals surface area contributed by atoms with Gasteiger partial charge >= 0.3 is 0 Å². The highest BCUT2D eigenvalue weighted by molar-refractivity contribution is 9.10. The Morgan fingerprint density at radius 3 is 2.36 bits per heavy atom. The van der Waals surface area contributed by atoms with Crippen molar-refractivity contribution < 1.29 is 4.79 Å². The third kappa shape index (κ3) is 4.97. The summed E-state index contributed by atoms with van der Waals surface area (Å²) in [6.45, 7) is 3.24. The van der Waals surface area contributed by atoms with Crippen LogP contribution in [0.15, 0.2) is 59.1 Å². The van der Waals surface area contributed by atoms with E-state index >= 15 is 0 Å². The molecule has 0 heterocycles. The molecule has 0 saturated carbocycles. The lowest BCUT2D eigenvalue weighted by Crippen LogP contribution is -2.42. The topological polar surface area (TPSA) is 32.3 Å². The number of carbonyl (C=O) groups is 1. The zero-order chi connectivity index (χ0) is 15.9. The molecule has 4 heteroatoms. The molecular formula is C18H21BrN2O. The van der Waals surface area contributed by atoms with Crippen molar-refractivity contribution in [3.8, 4) is 0 Å². The molecule has 2 rings (SSSR count). The zero-order valence-corrected chi connectivity index (χ0v) is 14.5. The van der Waals surface area contributed by atoms with Crippen LogP contribution >= 0.6 is 15.9 Å². The molecule has 1 N–H and O–H groups in total. The maximum atomic E-state index is 12.2. The monoisotopic (exact) mass is 360 g/mol. The van der Waals surface area contributed by atoms with Crippen LogP contribution in [0, 0.1) is 0 Å². The maximum absolute atomic E-state index is 12.2. The first-order chi connectivity index (χ1) is 10.6. The molecule has 0 radical (unpaired) electrons. The van der Waals surface area contributed by atoms with E-state index in [2.05, 4.69) is 33.4 Å². The van der Waals surface area contributed by atoms with Gasteiger partial charge in [0.15, 0.2) is 0 Å². The fraction of sp³-hybridized carbons (Fsp3) is 0.278. The summed E-state index contributed by atoms with van der Waals surface area (Å²) in [6.07, 6.45) is 0. The van der Waals surface area contributed by atoms with Crippen molar-refractivity contribution in [3.05, 3.63) is 70.2 Å². The van der Waals surface area contributed by atoms with Crippen molar-refractivity contribution in [2.75, 3.05) is 7.05 Å². The molecule has 1 unspecified atom stereocenters. The van der Waals surface area contributed by atoms with Crippen LogP contribution in [-0.2, 0) is 17.9 Å². The highest BCUT2D eigenvalue weighted by Gasteiger charge is 2.17. The molecule has 0 aliphatic carbocycles. The molecule has 2 aromatic carbocycles. The molecule has 0 aliphatic heterocycles. The highest BCUT2D eigenvalue weighted by atomic mass is 79.9. The van der Waals surface area contributed by atoms with Gasteiger partial charge in [0, 0.05) is 17.6 Å². The third-order valence-corrected chi connectivity index (χ3v) is 4.22. The summed E-state index contributed by atoms with van der Waals surface area (Å²) in [6, 6.07) is 17.9. The lowest BCUT2D eigenvalue weighted by molar-refractivity contribution is -0.125. The van der Waals surface area contributed by atoms with E-state index in [-0.39, 0.29) is 11.9 Å². The second kappa shape index (κ2) is 8.11. The number of hydrogen-bond acceptors (Lipinski definition) is 2. The molecule has 0 fully saturated rings. The van der Waals surface area contributed by atoms with Gasteiger partial charge < -0.3 is 5.32 Å². The Morgan fingerprint density at radius 1 is 1.09 bits per heavy atom. The van der Waals surface area contributed by atoms with E-state index in [0.717, 1.165) is 16.6 Å². The van der Waals surface area contributed by atoms with Gasteiger partial charge in [-0.1, -0.05) is 58.4 Å². The summed E-state index contributed by atoms with van der Waals surface area (Å²) in [4.78, 5) is 14.3. The minimum atomic E-state index is -0.174. The molecule has 0 spiro atoms. The minimum absolute atomic E-state index is 0.0449. The van der Waals surface area contributed by atoms with Crippen molar-refractivity contribution >= 4 is 21.8 Å². The van der Waals surface area contributed by atoms with Crippen molar-refractivity contribution in [1.82, 2.24) is 10.2 Å². The van der Waals surface area contributed by atoms with Crippen LogP contribution in [-0.4, -0.2) is 23.9 Å². The van der Waals surface area contributed by atoms with E-state index in [9.17, 15) is 4.79 Å². The lowest BCUT2D eigenvalue weighted by Gasteiger charge is -2.24. The summed E-state index contributed by atoms with van der Waals surface area (Å²) in [5.41, 5.74) is 2.30. The quantitative estimate of drug-likeness (QED) is 0.853. The largest absolute Gasteiger partial charge is 0.351 e. The summed E-state index contributed by atoms with van der Waals surface area (Å²) in [5.74, 6) is 0.0449. The van der Waals surface area contributed by atoms with Crippen LogP contribution in [0.25, 0.3) is 0 Å². The molecule has 1 amide bonds. The minimum Gasteiger partial charge on any atom is -0.351 e. The van der Waals surface area contributed by atoms with E-state index in [0.29, 0.717) is 6.54 Å². The fourth-order valence-corrected chi connectivity index (χ4v) is 2.41. The lowest BCUT2D eigenvalue weighted by atomic mass is 10.2. The van der Waals surface area contributed by atoms with E-state index in [1.54, 1.807) is 0 Å². The Labute approximate surface area is 140 Å². The fourth-order valence-electron chi connectivity index (χ4n) is 2.15. The Morgan fingerprint density at radius 2 is 1.73 bits per heavy atom. The smallest absolute Gasteiger partial charge is 0.237 e. The Kier molecular flexibility index (Phi) is 6.16. The number of hydrogen-bond donors (Lipinski definition) is 1. The Balaban J connectivity index is 1.85. The molecule has 3 nitrogen and oxygen atoms in total. The van der Waals surface area contributed by atoms with Gasteiger partial charge in [-0.25, -0.2) is 0 Å². The van der Waals surface area contributed by atoms with Gasteiger partial charge in [-0.3, -0.25) is 9.69 Å². The first-order valence-corrected chi connectivity index (χ1v) is 8.12. The molecule has 0 aliphatic rings. The third-order valence-electron chi connectivity index (χ3n) is 3.70. The van der Waals surface area contributed by atoms with Gasteiger partial charge in [0.1, 0.15) is 0 Å². The number of nitrogens with zero attached hydrogens (tertiary/aromatic N) is 1. The zero-order valence-electron chi connectivity index (χ0n) is 12.9. The van der Waals surface area contributed by atoms with Gasteiger partial charge in [-0.15, -0.1) is 0 Å². The van der Waals surface area contributed by atoms with E-state index in [1.165, 1.54) is 5.56 Å². The van der Waals surface area contributed by atoms with Crippen LogP contribution in [0.2, 0.25) is 0 Å². The highest BCUT2D eigenvalue weighted by Crippen LogP contribution is 2.12. The molecule has 22 heavy (non-hydrogen) atoms. The predicted octanol–water partition coefficient (Wildman–Crippen LogP) is 3.59. The number of nitrogens with one attached hydrogen (secondary N) is 1. The van der Waals surface area contributed by atoms with Crippen molar-refractivity contribution in [2.45, 2.75) is 26.1 Å². The second-order valence-corrected chi connectivity index (χ2v) is 6.34. The molecule has 0 bridgehead atoms. The van der Waals surface area contributed by atoms with Gasteiger partial charge in [-0.05, 0) is 37.2 Å². The van der Waals surface area contributed by atoms with Gasteiger partial charge in [0.2, 0.25) is 5.91 Å². The summed E-state index contributed by atoms with van der Waals surface area (Å²) < 4.78 is 1.06. The van der Waals surface area contributed by atoms with Crippen LogP contribution in [0.5, 0.6) is 0 Å². The Hall–Kier alpha value is -1.65. The normalized spacial score (nSPS) is 12.2. The predicted molar refractivity (Wildman–Crippen MR) is 93.4 cm³/mol. The molecule has 1 atom stereocenters. The van der Waals surface area contributed by atoms with Crippen molar-refractivity contribution in [3.63, 3.8) is 0 Å². The summed E-state index contributed by atoms with van der Waals surface area (Å²) >= 11 is 3.43. The second-order valence-electron chi connectivity index (χ2n) is 5.42. The average Bonchev–Trinajstić information content (AvgIpc) is 2.55.